The van der Waals surface area contributed by atoms with Gasteiger partial charge in [-0.25, -0.2) is 0 Å². The zero-order valence-corrected chi connectivity index (χ0v) is 9.73. The zero-order valence-electron chi connectivity index (χ0n) is 9.73. The van der Waals surface area contributed by atoms with Crippen molar-refractivity contribution in [1.82, 2.24) is 10.1 Å². The first-order valence-electron chi connectivity index (χ1n) is 5.28. The van der Waals surface area contributed by atoms with Crippen LogP contribution in [-0.2, 0) is 11.2 Å². The van der Waals surface area contributed by atoms with Crippen LogP contribution in [0.4, 0.5) is 5.82 Å². The van der Waals surface area contributed by atoms with Crippen LogP contribution in [-0.4, -0.2) is 16.0 Å². The molecule has 0 aliphatic heterocycles. The fraction of sp³-hybridized carbons (Fsp3) is 0.250. The van der Waals surface area contributed by atoms with Gasteiger partial charge in [0.25, 0.3) is 0 Å². The summed E-state index contributed by atoms with van der Waals surface area (Å²) in [7, 11) is 0. The molecule has 0 aromatic carbocycles. The van der Waals surface area contributed by atoms with Crippen molar-refractivity contribution in [2.24, 2.45) is 0 Å². The maximum atomic E-state index is 11.7. The minimum absolute atomic E-state index is 0.135. The molecule has 0 fully saturated rings. The molecule has 1 amide bonds. The Morgan fingerprint density at radius 1 is 1.41 bits per heavy atom. The van der Waals surface area contributed by atoms with E-state index in [2.05, 4.69) is 15.5 Å². The number of hydrogen-bond acceptors (Lipinski definition) is 4. The summed E-state index contributed by atoms with van der Waals surface area (Å²) in [4.78, 5) is 15.8. The average Bonchev–Trinajstić information content (AvgIpc) is 2.67. The Bertz CT molecular complexity index is 517. The Hall–Kier alpha value is -2.17. The van der Waals surface area contributed by atoms with Crippen LogP contribution >= 0.6 is 0 Å². The highest BCUT2D eigenvalue weighted by molar-refractivity contribution is 5.91. The van der Waals surface area contributed by atoms with Crippen LogP contribution in [0.15, 0.2) is 28.9 Å². The molecule has 0 radical (unpaired) electrons. The maximum Gasteiger partial charge on any atom is 0.230 e. The van der Waals surface area contributed by atoms with E-state index in [9.17, 15) is 4.79 Å². The van der Waals surface area contributed by atoms with Gasteiger partial charge < -0.3 is 9.84 Å². The van der Waals surface area contributed by atoms with Crippen LogP contribution in [0, 0.1) is 13.8 Å². The molecule has 0 unspecified atom stereocenters. The summed E-state index contributed by atoms with van der Waals surface area (Å²) < 4.78 is 4.85. The van der Waals surface area contributed by atoms with Gasteiger partial charge in [-0.05, 0) is 25.5 Å². The first kappa shape index (κ1) is 11.3. The fourth-order valence-corrected chi connectivity index (χ4v) is 1.40. The Morgan fingerprint density at radius 3 is 2.82 bits per heavy atom. The summed E-state index contributed by atoms with van der Waals surface area (Å²) in [6.07, 6.45) is 1.97. The van der Waals surface area contributed by atoms with Gasteiger partial charge in [0.15, 0.2) is 5.82 Å². The zero-order chi connectivity index (χ0) is 12.3. The number of rotatable bonds is 3. The summed E-state index contributed by atoms with van der Waals surface area (Å²) in [6, 6.07) is 5.43. The molecule has 0 atom stereocenters. The van der Waals surface area contributed by atoms with E-state index in [1.807, 2.05) is 19.1 Å². The second-order valence-electron chi connectivity index (χ2n) is 3.86. The summed E-state index contributed by atoms with van der Waals surface area (Å²) in [5, 5.41) is 6.34. The quantitative estimate of drug-likeness (QED) is 0.875. The molecule has 0 aliphatic rings. The first-order chi connectivity index (χ1) is 8.13. The van der Waals surface area contributed by atoms with Crippen LogP contribution in [0.25, 0.3) is 0 Å². The fourth-order valence-electron chi connectivity index (χ4n) is 1.40. The second-order valence-corrected chi connectivity index (χ2v) is 3.86. The number of carbonyl (C=O) groups excluding carboxylic acids is 1. The molecule has 1 N–H and O–H groups in total. The van der Waals surface area contributed by atoms with Gasteiger partial charge in [0.1, 0.15) is 5.76 Å². The van der Waals surface area contributed by atoms with Crippen molar-refractivity contribution in [1.29, 1.82) is 0 Å². The Labute approximate surface area is 98.8 Å². The number of carbonyl (C=O) groups is 1. The Balaban J connectivity index is 1.95. The number of amides is 1. The van der Waals surface area contributed by atoms with Crippen LogP contribution in [0.2, 0.25) is 0 Å². The van der Waals surface area contributed by atoms with Crippen molar-refractivity contribution in [2.75, 3.05) is 5.32 Å². The number of hydrogen-bond donors (Lipinski definition) is 1. The molecule has 2 heterocycles. The molecule has 0 saturated carbocycles. The molecular weight excluding hydrogens is 218 g/mol. The molecule has 88 valence electrons. The third-order valence-electron chi connectivity index (χ3n) is 2.23. The maximum absolute atomic E-state index is 11.7. The van der Waals surface area contributed by atoms with E-state index < -0.39 is 0 Å². The Kier molecular flexibility index (Phi) is 3.18. The van der Waals surface area contributed by atoms with Gasteiger partial charge in [-0.2, -0.15) is 0 Å². The molecule has 2 rings (SSSR count). The summed E-state index contributed by atoms with van der Waals surface area (Å²) in [5.41, 5.74) is 1.80. The SMILES string of the molecule is Cc1ccc(CC(=O)Nc2cc(C)on2)cn1. The molecular formula is C12H13N3O2. The molecule has 17 heavy (non-hydrogen) atoms. The predicted octanol–water partition coefficient (Wildman–Crippen LogP) is 1.87. The van der Waals surface area contributed by atoms with Crippen LogP contribution in [0.3, 0.4) is 0 Å². The van der Waals surface area contributed by atoms with Gasteiger partial charge in [0, 0.05) is 18.0 Å². The lowest BCUT2D eigenvalue weighted by molar-refractivity contribution is -0.115. The molecule has 0 bridgehead atoms. The highest BCUT2D eigenvalue weighted by Crippen LogP contribution is 2.08. The number of nitrogens with zero attached hydrogens (tertiary/aromatic N) is 2. The van der Waals surface area contributed by atoms with Gasteiger partial charge in [0.2, 0.25) is 5.91 Å². The number of aromatic nitrogens is 2. The van der Waals surface area contributed by atoms with Crippen LogP contribution in [0.5, 0.6) is 0 Å². The van der Waals surface area contributed by atoms with E-state index >= 15 is 0 Å². The molecule has 2 aromatic heterocycles. The topological polar surface area (TPSA) is 68.0 Å². The van der Waals surface area contributed by atoms with Crippen LogP contribution < -0.4 is 5.32 Å². The van der Waals surface area contributed by atoms with E-state index in [1.54, 1.807) is 19.2 Å². The van der Waals surface area contributed by atoms with E-state index in [-0.39, 0.29) is 12.3 Å². The van der Waals surface area contributed by atoms with Crippen molar-refractivity contribution in [3.63, 3.8) is 0 Å². The van der Waals surface area contributed by atoms with Crippen molar-refractivity contribution >= 4 is 11.7 Å². The molecule has 5 heteroatoms. The van der Waals surface area contributed by atoms with Crippen molar-refractivity contribution in [3.05, 3.63) is 41.4 Å². The third kappa shape index (κ3) is 3.14. The number of anilines is 1. The first-order valence-corrected chi connectivity index (χ1v) is 5.28. The molecule has 2 aromatic rings. The van der Waals surface area contributed by atoms with Gasteiger partial charge in [-0.15, -0.1) is 0 Å². The monoisotopic (exact) mass is 231 g/mol. The van der Waals surface area contributed by atoms with Gasteiger partial charge in [-0.3, -0.25) is 9.78 Å². The molecule has 0 saturated heterocycles. The van der Waals surface area contributed by atoms with Crippen molar-refractivity contribution in [3.8, 4) is 0 Å². The molecule has 0 spiro atoms. The highest BCUT2D eigenvalue weighted by atomic mass is 16.5. The van der Waals surface area contributed by atoms with E-state index in [0.29, 0.717) is 11.6 Å². The summed E-state index contributed by atoms with van der Waals surface area (Å²) in [5.74, 6) is 0.967. The largest absolute Gasteiger partial charge is 0.360 e. The molecule has 0 aliphatic carbocycles. The second kappa shape index (κ2) is 4.78. The number of nitrogens with one attached hydrogen (secondary N) is 1. The summed E-state index contributed by atoms with van der Waals surface area (Å²) >= 11 is 0. The summed E-state index contributed by atoms with van der Waals surface area (Å²) in [6.45, 7) is 3.68. The Morgan fingerprint density at radius 2 is 2.24 bits per heavy atom. The smallest absolute Gasteiger partial charge is 0.230 e. The van der Waals surface area contributed by atoms with E-state index in [1.165, 1.54) is 0 Å². The molecule has 5 nitrogen and oxygen atoms in total. The standard InChI is InChI=1S/C12H13N3O2/c1-8-3-4-10(7-13-8)6-12(16)14-11-5-9(2)17-15-11/h3-5,7H,6H2,1-2H3,(H,14,15,16). The lowest BCUT2D eigenvalue weighted by atomic mass is 10.2. The minimum Gasteiger partial charge on any atom is -0.360 e. The normalized spacial score (nSPS) is 10.2. The average molecular weight is 231 g/mol. The van der Waals surface area contributed by atoms with E-state index in [4.69, 9.17) is 4.52 Å². The van der Waals surface area contributed by atoms with Gasteiger partial charge in [-0.1, -0.05) is 11.2 Å². The minimum atomic E-state index is -0.135. The van der Waals surface area contributed by atoms with E-state index in [0.717, 1.165) is 11.3 Å². The number of aryl methyl sites for hydroxylation is 2. The predicted molar refractivity (Wildman–Crippen MR) is 62.5 cm³/mol. The number of pyridine rings is 1. The van der Waals surface area contributed by atoms with Gasteiger partial charge >= 0.3 is 0 Å². The van der Waals surface area contributed by atoms with Crippen molar-refractivity contribution in [2.45, 2.75) is 20.3 Å². The third-order valence-corrected chi connectivity index (χ3v) is 2.23. The lowest BCUT2D eigenvalue weighted by Gasteiger charge is -2.01. The van der Waals surface area contributed by atoms with Crippen LogP contribution in [0.1, 0.15) is 17.0 Å². The highest BCUT2D eigenvalue weighted by Gasteiger charge is 2.07. The van der Waals surface area contributed by atoms with Gasteiger partial charge in [0.05, 0.1) is 6.42 Å². The lowest BCUT2D eigenvalue weighted by Crippen LogP contribution is -2.14. The van der Waals surface area contributed by atoms with Crippen molar-refractivity contribution < 1.29 is 9.32 Å².